The molecule has 0 amide bonds. The van der Waals surface area contributed by atoms with Gasteiger partial charge in [0.25, 0.3) is 0 Å². The van der Waals surface area contributed by atoms with E-state index in [1.165, 1.54) is 14.6 Å². The van der Waals surface area contributed by atoms with E-state index in [9.17, 15) is 0 Å². The summed E-state index contributed by atoms with van der Waals surface area (Å²) in [5, 5.41) is 14.9. The van der Waals surface area contributed by atoms with Crippen LogP contribution in [-0.4, -0.2) is 10.2 Å². The van der Waals surface area contributed by atoms with Crippen LogP contribution in [-0.2, 0) is 6.54 Å². The molecule has 2 N–H and O–H groups in total. The first kappa shape index (κ1) is 17.5. The van der Waals surface area contributed by atoms with Gasteiger partial charge in [-0.3, -0.25) is 5.10 Å². The number of aromatic nitrogens is 2. The van der Waals surface area contributed by atoms with Gasteiger partial charge in [0.1, 0.15) is 0 Å². The molecule has 0 fully saturated rings. The fourth-order valence-corrected chi connectivity index (χ4v) is 5.26. The highest BCUT2D eigenvalue weighted by atomic mass is 35.5. The van der Waals surface area contributed by atoms with Crippen LogP contribution >= 0.6 is 34.3 Å². The highest BCUT2D eigenvalue weighted by Gasteiger charge is 2.12. The summed E-state index contributed by atoms with van der Waals surface area (Å²) in [5.41, 5.74) is 3.04. The highest BCUT2D eigenvalue weighted by molar-refractivity contribution is 7.21. The molecule has 0 unspecified atom stereocenters. The minimum atomic E-state index is 0.716. The van der Waals surface area contributed by atoms with Crippen molar-refractivity contribution in [1.82, 2.24) is 10.2 Å². The first-order chi connectivity index (χ1) is 13.8. The lowest BCUT2D eigenvalue weighted by molar-refractivity contribution is 1.08. The average molecular weight is 422 g/mol. The first-order valence-electron chi connectivity index (χ1n) is 8.87. The van der Waals surface area contributed by atoms with E-state index in [2.05, 4.69) is 63.4 Å². The molecule has 3 heterocycles. The van der Waals surface area contributed by atoms with E-state index < -0.39 is 0 Å². The molecular weight excluding hydrogens is 406 g/mol. The number of anilines is 1. The van der Waals surface area contributed by atoms with Gasteiger partial charge in [0, 0.05) is 25.6 Å². The predicted octanol–water partition coefficient (Wildman–Crippen LogP) is 7.29. The van der Waals surface area contributed by atoms with Crippen LogP contribution in [0.5, 0.6) is 0 Å². The lowest BCUT2D eigenvalue weighted by atomic mass is 10.0. The highest BCUT2D eigenvalue weighted by Crippen LogP contribution is 2.35. The number of nitrogens with one attached hydrogen (secondary N) is 2. The van der Waals surface area contributed by atoms with Crippen molar-refractivity contribution in [2.45, 2.75) is 6.54 Å². The Balaban J connectivity index is 1.42. The summed E-state index contributed by atoms with van der Waals surface area (Å²) in [6, 6.07) is 22.8. The second kappa shape index (κ2) is 7.43. The standard InChI is InChI=1S/C22H16ClN3S2/c23-18-12-19-17(11-16(18)14-5-2-1-3-6-14)22(26-25-19)24-13-15-8-9-21(28-15)20-7-4-10-27-20/h1-12H,13H2,(H2,24,25,26). The van der Waals surface area contributed by atoms with Crippen molar-refractivity contribution in [2.75, 3.05) is 5.32 Å². The number of rotatable bonds is 5. The quantitative estimate of drug-likeness (QED) is 0.313. The molecule has 0 atom stereocenters. The summed E-state index contributed by atoms with van der Waals surface area (Å²) in [6.45, 7) is 0.735. The average Bonchev–Trinajstić information content (AvgIpc) is 3.47. The van der Waals surface area contributed by atoms with Crippen LogP contribution in [0.15, 0.2) is 72.1 Å². The van der Waals surface area contributed by atoms with Crippen molar-refractivity contribution >= 4 is 51.0 Å². The molecule has 0 saturated carbocycles. The lowest BCUT2D eigenvalue weighted by Crippen LogP contribution is -1.98. The molecule has 0 spiro atoms. The molecule has 28 heavy (non-hydrogen) atoms. The van der Waals surface area contributed by atoms with E-state index in [0.29, 0.717) is 5.02 Å². The van der Waals surface area contributed by atoms with Gasteiger partial charge < -0.3 is 5.32 Å². The second-order valence-corrected chi connectivity index (χ2v) is 8.94. The van der Waals surface area contributed by atoms with Crippen molar-refractivity contribution in [2.24, 2.45) is 0 Å². The van der Waals surface area contributed by atoms with Gasteiger partial charge in [0.15, 0.2) is 5.82 Å². The fourth-order valence-electron chi connectivity index (χ4n) is 3.21. The Morgan fingerprint density at radius 3 is 2.68 bits per heavy atom. The molecule has 138 valence electrons. The van der Waals surface area contributed by atoms with Gasteiger partial charge in [-0.2, -0.15) is 5.10 Å². The number of halogens is 1. The Morgan fingerprint density at radius 1 is 0.964 bits per heavy atom. The molecule has 0 bridgehead atoms. The lowest BCUT2D eigenvalue weighted by Gasteiger charge is -2.06. The minimum Gasteiger partial charge on any atom is -0.363 e. The summed E-state index contributed by atoms with van der Waals surface area (Å²) >= 11 is 10.1. The van der Waals surface area contributed by atoms with Gasteiger partial charge in [0.05, 0.1) is 17.1 Å². The van der Waals surface area contributed by atoms with Gasteiger partial charge >= 0.3 is 0 Å². The maximum atomic E-state index is 6.51. The third kappa shape index (κ3) is 3.33. The third-order valence-electron chi connectivity index (χ3n) is 4.59. The summed E-state index contributed by atoms with van der Waals surface area (Å²) in [7, 11) is 0. The smallest absolute Gasteiger partial charge is 0.156 e. The summed E-state index contributed by atoms with van der Waals surface area (Å²) in [4.78, 5) is 3.89. The Labute approximate surface area is 175 Å². The molecule has 0 saturated heterocycles. The number of nitrogens with zero attached hydrogens (tertiary/aromatic N) is 1. The van der Waals surface area contributed by atoms with Gasteiger partial charge in [-0.1, -0.05) is 48.0 Å². The third-order valence-corrected chi connectivity index (χ3v) is 7.05. The number of hydrogen-bond donors (Lipinski definition) is 2. The van der Waals surface area contributed by atoms with E-state index in [0.717, 1.165) is 34.4 Å². The molecule has 6 heteroatoms. The molecule has 0 aliphatic carbocycles. The van der Waals surface area contributed by atoms with Crippen LogP contribution in [0.4, 0.5) is 5.82 Å². The number of benzene rings is 2. The molecular formula is C22H16ClN3S2. The number of fused-ring (bicyclic) bond motifs is 1. The zero-order valence-electron chi connectivity index (χ0n) is 14.8. The molecule has 5 rings (SSSR count). The second-order valence-electron chi connectivity index (χ2n) is 6.41. The zero-order chi connectivity index (χ0) is 18.9. The summed E-state index contributed by atoms with van der Waals surface area (Å²) in [6.07, 6.45) is 0. The number of aromatic amines is 1. The van der Waals surface area contributed by atoms with E-state index >= 15 is 0 Å². The van der Waals surface area contributed by atoms with Gasteiger partial charge in [-0.05, 0) is 41.3 Å². The molecule has 0 aliphatic heterocycles. The van der Waals surface area contributed by atoms with E-state index in [4.69, 9.17) is 11.6 Å². The summed E-state index contributed by atoms with van der Waals surface area (Å²) in [5.74, 6) is 0.843. The van der Waals surface area contributed by atoms with Crippen molar-refractivity contribution in [3.63, 3.8) is 0 Å². The number of H-pyrrole nitrogens is 1. The van der Waals surface area contributed by atoms with E-state index in [1.54, 1.807) is 11.3 Å². The predicted molar refractivity (Wildman–Crippen MR) is 121 cm³/mol. The Bertz CT molecular complexity index is 1220. The number of thiophene rings is 2. The van der Waals surface area contributed by atoms with Crippen LogP contribution in [0.2, 0.25) is 5.02 Å². The monoisotopic (exact) mass is 421 g/mol. The Morgan fingerprint density at radius 2 is 1.86 bits per heavy atom. The maximum absolute atomic E-state index is 6.51. The van der Waals surface area contributed by atoms with E-state index in [-0.39, 0.29) is 0 Å². The van der Waals surface area contributed by atoms with Crippen molar-refractivity contribution in [1.29, 1.82) is 0 Å². The van der Waals surface area contributed by atoms with Crippen molar-refractivity contribution in [3.05, 3.63) is 82.0 Å². The Hall–Kier alpha value is -2.60. The van der Waals surface area contributed by atoms with Gasteiger partial charge in [0.2, 0.25) is 0 Å². The van der Waals surface area contributed by atoms with Gasteiger partial charge in [-0.25, -0.2) is 0 Å². The fraction of sp³-hybridized carbons (Fsp3) is 0.0455. The Kier molecular flexibility index (Phi) is 4.64. The van der Waals surface area contributed by atoms with Gasteiger partial charge in [-0.15, -0.1) is 22.7 Å². The largest absolute Gasteiger partial charge is 0.363 e. The molecule has 2 aromatic carbocycles. The van der Waals surface area contributed by atoms with Crippen LogP contribution in [0.3, 0.4) is 0 Å². The molecule has 3 nitrogen and oxygen atoms in total. The van der Waals surface area contributed by atoms with Crippen LogP contribution < -0.4 is 5.32 Å². The first-order valence-corrected chi connectivity index (χ1v) is 10.9. The van der Waals surface area contributed by atoms with Crippen LogP contribution in [0, 0.1) is 0 Å². The normalized spacial score (nSPS) is 11.2. The topological polar surface area (TPSA) is 40.7 Å². The van der Waals surface area contributed by atoms with E-state index in [1.807, 2.05) is 35.6 Å². The molecule has 3 aromatic heterocycles. The minimum absolute atomic E-state index is 0.716. The zero-order valence-corrected chi connectivity index (χ0v) is 17.2. The van der Waals surface area contributed by atoms with Crippen LogP contribution in [0.1, 0.15) is 4.88 Å². The molecule has 0 aliphatic rings. The number of hydrogen-bond acceptors (Lipinski definition) is 4. The molecule has 5 aromatic rings. The SMILES string of the molecule is Clc1cc2[nH]nc(NCc3ccc(-c4cccs4)s3)c2cc1-c1ccccc1. The van der Waals surface area contributed by atoms with Crippen molar-refractivity contribution < 1.29 is 0 Å². The molecule has 0 radical (unpaired) electrons. The van der Waals surface area contributed by atoms with Crippen LogP contribution in [0.25, 0.3) is 31.8 Å². The summed E-state index contributed by atoms with van der Waals surface area (Å²) < 4.78 is 0. The maximum Gasteiger partial charge on any atom is 0.156 e. The van der Waals surface area contributed by atoms with Crippen molar-refractivity contribution in [3.8, 4) is 20.9 Å².